The van der Waals surface area contributed by atoms with Gasteiger partial charge in [0, 0.05) is 51.0 Å². The Bertz CT molecular complexity index is 890. The van der Waals surface area contributed by atoms with Crippen LogP contribution in [0.15, 0.2) is 39.8 Å². The standard InChI is InChI=1S/C22H27N3O3/c1-16-13-19(18-6-2-7-18)28-22(27)20(16)21(26)25-10-4-9-24(11-12-25)15-17-5-3-8-23-14-17/h3,5,8,13-14,18H,2,4,6-7,9-12,15H2,1H3. The van der Waals surface area contributed by atoms with Crippen LogP contribution in [0.5, 0.6) is 0 Å². The molecule has 1 aliphatic heterocycles. The molecule has 2 aliphatic rings. The third kappa shape index (κ3) is 4.02. The first-order valence-electron chi connectivity index (χ1n) is 10.2. The Morgan fingerprint density at radius 1 is 1.21 bits per heavy atom. The molecule has 0 bridgehead atoms. The number of amides is 1. The highest BCUT2D eigenvalue weighted by Crippen LogP contribution is 2.36. The maximum absolute atomic E-state index is 13.1. The van der Waals surface area contributed by atoms with Crippen LogP contribution in [-0.4, -0.2) is 46.9 Å². The van der Waals surface area contributed by atoms with Gasteiger partial charge in [-0.05, 0) is 49.4 Å². The van der Waals surface area contributed by atoms with E-state index < -0.39 is 5.63 Å². The summed E-state index contributed by atoms with van der Waals surface area (Å²) in [4.78, 5) is 33.9. The van der Waals surface area contributed by atoms with E-state index in [1.807, 2.05) is 25.3 Å². The summed E-state index contributed by atoms with van der Waals surface area (Å²) >= 11 is 0. The van der Waals surface area contributed by atoms with Crippen molar-refractivity contribution in [3.05, 3.63) is 63.5 Å². The Hall–Kier alpha value is -2.47. The Kier molecular flexibility index (Phi) is 5.57. The molecule has 0 aromatic carbocycles. The molecule has 0 N–H and O–H groups in total. The zero-order valence-corrected chi connectivity index (χ0v) is 16.4. The van der Waals surface area contributed by atoms with E-state index in [1.54, 1.807) is 11.1 Å². The molecule has 4 rings (SSSR count). The second kappa shape index (κ2) is 8.27. The molecule has 0 spiro atoms. The Balaban J connectivity index is 1.44. The van der Waals surface area contributed by atoms with E-state index in [2.05, 4.69) is 16.0 Å². The summed E-state index contributed by atoms with van der Waals surface area (Å²) in [5.74, 6) is 0.883. The van der Waals surface area contributed by atoms with E-state index >= 15 is 0 Å². The number of carbonyl (C=O) groups excluding carboxylic acids is 1. The number of pyridine rings is 1. The molecule has 2 aromatic heterocycles. The highest BCUT2D eigenvalue weighted by atomic mass is 16.4. The Morgan fingerprint density at radius 2 is 2.07 bits per heavy atom. The number of aryl methyl sites for hydroxylation is 1. The predicted molar refractivity (Wildman–Crippen MR) is 106 cm³/mol. The fourth-order valence-corrected chi connectivity index (χ4v) is 4.02. The molecule has 1 saturated carbocycles. The van der Waals surface area contributed by atoms with E-state index in [4.69, 9.17) is 4.42 Å². The molecule has 6 heteroatoms. The summed E-state index contributed by atoms with van der Waals surface area (Å²) in [6.07, 6.45) is 7.85. The van der Waals surface area contributed by atoms with Gasteiger partial charge in [0.1, 0.15) is 11.3 Å². The van der Waals surface area contributed by atoms with Crippen molar-refractivity contribution in [3.8, 4) is 0 Å². The average Bonchev–Trinajstić information content (AvgIpc) is 2.86. The summed E-state index contributed by atoms with van der Waals surface area (Å²) < 4.78 is 5.52. The lowest BCUT2D eigenvalue weighted by Crippen LogP contribution is -2.38. The molecule has 148 valence electrons. The molecular weight excluding hydrogens is 354 g/mol. The fraction of sp³-hybridized carbons (Fsp3) is 0.500. The van der Waals surface area contributed by atoms with E-state index in [1.165, 1.54) is 12.0 Å². The summed E-state index contributed by atoms with van der Waals surface area (Å²) in [5.41, 5.74) is 1.62. The van der Waals surface area contributed by atoms with Crippen molar-refractivity contribution in [1.82, 2.24) is 14.8 Å². The minimum Gasteiger partial charge on any atom is -0.427 e. The normalized spacial score (nSPS) is 18.5. The summed E-state index contributed by atoms with van der Waals surface area (Å²) in [6.45, 7) is 5.65. The Morgan fingerprint density at radius 3 is 2.75 bits per heavy atom. The number of hydrogen-bond donors (Lipinski definition) is 0. The van der Waals surface area contributed by atoms with Crippen molar-refractivity contribution in [1.29, 1.82) is 0 Å². The number of rotatable bonds is 4. The summed E-state index contributed by atoms with van der Waals surface area (Å²) in [6, 6.07) is 5.91. The first kappa shape index (κ1) is 18.9. The van der Waals surface area contributed by atoms with Crippen molar-refractivity contribution in [2.24, 2.45) is 0 Å². The second-order valence-corrected chi connectivity index (χ2v) is 7.91. The van der Waals surface area contributed by atoms with Crippen LogP contribution in [-0.2, 0) is 6.54 Å². The molecule has 1 saturated heterocycles. The zero-order chi connectivity index (χ0) is 19.5. The van der Waals surface area contributed by atoms with E-state index in [9.17, 15) is 9.59 Å². The maximum Gasteiger partial charge on any atom is 0.349 e. The lowest BCUT2D eigenvalue weighted by Gasteiger charge is -2.25. The average molecular weight is 381 g/mol. The first-order chi connectivity index (χ1) is 13.6. The molecular formula is C22H27N3O3. The number of nitrogens with zero attached hydrogens (tertiary/aromatic N) is 3. The van der Waals surface area contributed by atoms with Crippen LogP contribution in [0.1, 0.15) is 58.8 Å². The van der Waals surface area contributed by atoms with Gasteiger partial charge in [-0.2, -0.15) is 0 Å². The van der Waals surface area contributed by atoms with Crippen LogP contribution >= 0.6 is 0 Å². The molecule has 1 amide bonds. The number of hydrogen-bond acceptors (Lipinski definition) is 5. The minimum atomic E-state index is -0.483. The first-order valence-corrected chi connectivity index (χ1v) is 10.2. The van der Waals surface area contributed by atoms with Crippen LogP contribution in [0, 0.1) is 6.92 Å². The summed E-state index contributed by atoms with van der Waals surface area (Å²) in [7, 11) is 0. The van der Waals surface area contributed by atoms with Crippen molar-refractivity contribution in [2.45, 2.75) is 45.1 Å². The zero-order valence-electron chi connectivity index (χ0n) is 16.4. The molecule has 1 aliphatic carbocycles. The predicted octanol–water partition coefficient (Wildman–Crippen LogP) is 2.96. The van der Waals surface area contributed by atoms with Gasteiger partial charge in [0.05, 0.1) is 0 Å². The fourth-order valence-electron chi connectivity index (χ4n) is 4.02. The highest BCUT2D eigenvalue weighted by molar-refractivity contribution is 5.95. The molecule has 0 radical (unpaired) electrons. The van der Waals surface area contributed by atoms with Gasteiger partial charge in [0.25, 0.3) is 5.91 Å². The van der Waals surface area contributed by atoms with E-state index in [-0.39, 0.29) is 11.5 Å². The van der Waals surface area contributed by atoms with Crippen LogP contribution < -0.4 is 5.63 Å². The van der Waals surface area contributed by atoms with Gasteiger partial charge in [0.2, 0.25) is 0 Å². The SMILES string of the molecule is Cc1cc(C2CCC2)oc(=O)c1C(=O)N1CCCN(Cc2cccnc2)CC1. The lowest BCUT2D eigenvalue weighted by atomic mass is 9.83. The third-order valence-corrected chi connectivity index (χ3v) is 5.89. The van der Waals surface area contributed by atoms with Gasteiger partial charge >= 0.3 is 5.63 Å². The van der Waals surface area contributed by atoms with E-state index in [0.29, 0.717) is 19.0 Å². The van der Waals surface area contributed by atoms with Crippen LogP contribution in [0.25, 0.3) is 0 Å². The van der Waals surface area contributed by atoms with Gasteiger partial charge in [0.15, 0.2) is 0 Å². The van der Waals surface area contributed by atoms with Crippen LogP contribution in [0.2, 0.25) is 0 Å². The van der Waals surface area contributed by atoms with Crippen LogP contribution in [0.4, 0.5) is 0 Å². The second-order valence-electron chi connectivity index (χ2n) is 7.91. The van der Waals surface area contributed by atoms with Crippen molar-refractivity contribution >= 4 is 5.91 Å². The molecule has 2 aromatic rings. The Labute approximate surface area is 165 Å². The topological polar surface area (TPSA) is 66.7 Å². The van der Waals surface area contributed by atoms with Gasteiger partial charge in [-0.1, -0.05) is 12.5 Å². The van der Waals surface area contributed by atoms with Gasteiger partial charge < -0.3 is 9.32 Å². The molecule has 2 fully saturated rings. The van der Waals surface area contributed by atoms with Gasteiger partial charge in [-0.15, -0.1) is 0 Å². The number of carbonyl (C=O) groups is 1. The van der Waals surface area contributed by atoms with Crippen molar-refractivity contribution in [2.75, 3.05) is 26.2 Å². The maximum atomic E-state index is 13.1. The molecule has 0 unspecified atom stereocenters. The largest absolute Gasteiger partial charge is 0.427 e. The number of aromatic nitrogens is 1. The van der Waals surface area contributed by atoms with Crippen molar-refractivity contribution < 1.29 is 9.21 Å². The smallest absolute Gasteiger partial charge is 0.349 e. The minimum absolute atomic E-state index is 0.198. The van der Waals surface area contributed by atoms with E-state index in [0.717, 1.165) is 50.2 Å². The lowest BCUT2D eigenvalue weighted by molar-refractivity contribution is 0.0755. The quantitative estimate of drug-likeness (QED) is 0.815. The molecule has 0 atom stereocenters. The highest BCUT2D eigenvalue weighted by Gasteiger charge is 2.28. The molecule has 3 heterocycles. The molecule has 28 heavy (non-hydrogen) atoms. The third-order valence-electron chi connectivity index (χ3n) is 5.89. The monoisotopic (exact) mass is 381 g/mol. The summed E-state index contributed by atoms with van der Waals surface area (Å²) in [5, 5.41) is 0. The van der Waals surface area contributed by atoms with Crippen molar-refractivity contribution in [3.63, 3.8) is 0 Å². The van der Waals surface area contributed by atoms with Crippen LogP contribution in [0.3, 0.4) is 0 Å². The van der Waals surface area contributed by atoms with Gasteiger partial charge in [-0.3, -0.25) is 14.7 Å². The van der Waals surface area contributed by atoms with Gasteiger partial charge in [-0.25, -0.2) is 4.79 Å². The molecule has 6 nitrogen and oxygen atoms in total.